The van der Waals surface area contributed by atoms with Crippen LogP contribution in [0.15, 0.2) is 30.6 Å². The van der Waals surface area contributed by atoms with Gasteiger partial charge in [0.05, 0.1) is 23.9 Å². The van der Waals surface area contributed by atoms with Crippen molar-refractivity contribution in [2.24, 2.45) is 5.92 Å². The SMILES string of the molecule is Cc1nn(CC(C)C(=O)Nc2ncn(Cc3cccc(F)c3)n2)c(C)c1[N+](=O)[O-]. The minimum absolute atomic E-state index is 0.0460. The van der Waals surface area contributed by atoms with Crippen molar-refractivity contribution in [3.8, 4) is 0 Å². The number of nitrogens with one attached hydrogen (secondary N) is 1. The molecule has 0 fully saturated rings. The lowest BCUT2D eigenvalue weighted by Crippen LogP contribution is -2.26. The van der Waals surface area contributed by atoms with Crippen molar-refractivity contribution in [2.75, 3.05) is 5.32 Å². The number of carbonyl (C=O) groups excluding carboxylic acids is 1. The molecule has 0 saturated carbocycles. The predicted molar refractivity (Wildman–Crippen MR) is 102 cm³/mol. The zero-order valence-electron chi connectivity index (χ0n) is 16.2. The van der Waals surface area contributed by atoms with Crippen LogP contribution in [0.4, 0.5) is 16.0 Å². The zero-order valence-corrected chi connectivity index (χ0v) is 16.2. The van der Waals surface area contributed by atoms with E-state index >= 15 is 0 Å². The lowest BCUT2D eigenvalue weighted by molar-refractivity contribution is -0.386. The molecule has 0 radical (unpaired) electrons. The van der Waals surface area contributed by atoms with Crippen molar-refractivity contribution >= 4 is 17.5 Å². The van der Waals surface area contributed by atoms with Gasteiger partial charge in [-0.15, -0.1) is 5.10 Å². The summed E-state index contributed by atoms with van der Waals surface area (Å²) in [6.45, 7) is 5.32. The highest BCUT2D eigenvalue weighted by Gasteiger charge is 2.24. The van der Waals surface area contributed by atoms with Gasteiger partial charge < -0.3 is 0 Å². The number of aryl methyl sites for hydroxylation is 1. The molecule has 29 heavy (non-hydrogen) atoms. The molecule has 1 aromatic carbocycles. The van der Waals surface area contributed by atoms with Crippen molar-refractivity contribution in [3.63, 3.8) is 0 Å². The van der Waals surface area contributed by atoms with E-state index < -0.39 is 10.8 Å². The molecule has 1 amide bonds. The second kappa shape index (κ2) is 8.17. The molecule has 1 N–H and O–H groups in total. The van der Waals surface area contributed by atoms with E-state index in [0.717, 1.165) is 0 Å². The molecule has 3 rings (SSSR count). The number of nitrogens with zero attached hydrogens (tertiary/aromatic N) is 6. The van der Waals surface area contributed by atoms with Crippen LogP contribution in [-0.4, -0.2) is 35.4 Å². The molecule has 3 aromatic rings. The van der Waals surface area contributed by atoms with Crippen molar-refractivity contribution in [2.45, 2.75) is 33.9 Å². The second-order valence-corrected chi connectivity index (χ2v) is 6.74. The van der Waals surface area contributed by atoms with E-state index in [1.54, 1.807) is 32.9 Å². The third-order valence-corrected chi connectivity index (χ3v) is 4.43. The van der Waals surface area contributed by atoms with Crippen LogP contribution in [0.2, 0.25) is 0 Å². The molecule has 0 spiro atoms. The van der Waals surface area contributed by atoms with Gasteiger partial charge in [0.15, 0.2) is 0 Å². The Morgan fingerprint density at radius 3 is 2.76 bits per heavy atom. The summed E-state index contributed by atoms with van der Waals surface area (Å²) in [6.07, 6.45) is 1.44. The number of aromatic nitrogens is 5. The standard InChI is InChI=1S/C18H20FN7O3/c1-11(8-25-13(3)16(26(28)29)12(2)22-25)17(27)21-18-20-10-24(23-18)9-14-5-4-6-15(19)7-14/h4-7,10-11H,8-9H2,1-3H3,(H,21,23,27). The summed E-state index contributed by atoms with van der Waals surface area (Å²) < 4.78 is 16.2. The molecule has 0 saturated heterocycles. The monoisotopic (exact) mass is 401 g/mol. The Morgan fingerprint density at radius 2 is 2.10 bits per heavy atom. The van der Waals surface area contributed by atoms with Gasteiger partial charge in [-0.25, -0.2) is 14.1 Å². The number of anilines is 1. The lowest BCUT2D eigenvalue weighted by atomic mass is 10.1. The molecule has 2 aromatic heterocycles. The van der Waals surface area contributed by atoms with E-state index in [9.17, 15) is 19.3 Å². The summed E-state index contributed by atoms with van der Waals surface area (Å²) in [6, 6.07) is 6.12. The Morgan fingerprint density at radius 1 is 1.34 bits per heavy atom. The van der Waals surface area contributed by atoms with Crippen molar-refractivity contribution in [3.05, 3.63) is 63.5 Å². The fourth-order valence-corrected chi connectivity index (χ4v) is 2.96. The van der Waals surface area contributed by atoms with Gasteiger partial charge in [-0.05, 0) is 31.5 Å². The van der Waals surface area contributed by atoms with Crippen LogP contribution >= 0.6 is 0 Å². The van der Waals surface area contributed by atoms with Gasteiger partial charge >= 0.3 is 5.69 Å². The molecule has 0 aliphatic carbocycles. The quantitative estimate of drug-likeness (QED) is 0.479. The Balaban J connectivity index is 1.62. The largest absolute Gasteiger partial charge is 0.312 e. The summed E-state index contributed by atoms with van der Waals surface area (Å²) in [5.41, 5.74) is 1.37. The maximum absolute atomic E-state index is 13.3. The van der Waals surface area contributed by atoms with Crippen molar-refractivity contribution in [1.82, 2.24) is 24.5 Å². The maximum Gasteiger partial charge on any atom is 0.312 e. The smallest absolute Gasteiger partial charge is 0.293 e. The Labute approximate surface area is 165 Å². The molecule has 2 heterocycles. The summed E-state index contributed by atoms with van der Waals surface area (Å²) in [5, 5.41) is 22.0. The molecule has 152 valence electrons. The first kappa shape index (κ1) is 20.1. The summed E-state index contributed by atoms with van der Waals surface area (Å²) in [7, 11) is 0. The normalized spacial score (nSPS) is 12.0. The van der Waals surface area contributed by atoms with Gasteiger partial charge in [-0.2, -0.15) is 5.10 Å². The van der Waals surface area contributed by atoms with Gasteiger partial charge in [0.1, 0.15) is 23.5 Å². The molecular formula is C18H20FN7O3. The van der Waals surface area contributed by atoms with Gasteiger partial charge in [0.2, 0.25) is 11.9 Å². The van der Waals surface area contributed by atoms with Crippen molar-refractivity contribution < 1.29 is 14.1 Å². The van der Waals surface area contributed by atoms with E-state index in [2.05, 4.69) is 20.5 Å². The van der Waals surface area contributed by atoms with E-state index in [0.29, 0.717) is 23.5 Å². The number of hydrogen-bond donors (Lipinski definition) is 1. The zero-order chi connectivity index (χ0) is 21.1. The number of nitro groups is 1. The first-order valence-corrected chi connectivity index (χ1v) is 8.87. The lowest BCUT2D eigenvalue weighted by Gasteiger charge is -2.11. The Bertz CT molecular complexity index is 1060. The minimum atomic E-state index is -0.525. The highest BCUT2D eigenvalue weighted by Crippen LogP contribution is 2.22. The fraction of sp³-hybridized carbons (Fsp3) is 0.333. The minimum Gasteiger partial charge on any atom is -0.293 e. The molecule has 0 aliphatic rings. The summed E-state index contributed by atoms with van der Waals surface area (Å²) >= 11 is 0. The Hall–Kier alpha value is -3.63. The third kappa shape index (κ3) is 4.62. The van der Waals surface area contributed by atoms with Crippen LogP contribution in [0.3, 0.4) is 0 Å². The van der Waals surface area contributed by atoms with Crippen molar-refractivity contribution in [1.29, 1.82) is 0 Å². The van der Waals surface area contributed by atoms with Crippen LogP contribution < -0.4 is 5.32 Å². The number of carbonyl (C=O) groups is 1. The fourth-order valence-electron chi connectivity index (χ4n) is 2.96. The predicted octanol–water partition coefficient (Wildman–Crippen LogP) is 2.46. The van der Waals surface area contributed by atoms with Gasteiger partial charge in [0.25, 0.3) is 0 Å². The van der Waals surface area contributed by atoms with Crippen LogP contribution in [-0.2, 0) is 17.9 Å². The summed E-state index contributed by atoms with van der Waals surface area (Å²) in [4.78, 5) is 27.1. The second-order valence-electron chi connectivity index (χ2n) is 6.74. The molecule has 1 unspecified atom stereocenters. The Kier molecular flexibility index (Phi) is 5.66. The molecule has 1 atom stereocenters. The maximum atomic E-state index is 13.3. The third-order valence-electron chi connectivity index (χ3n) is 4.43. The van der Waals surface area contributed by atoms with Crippen LogP contribution in [0.25, 0.3) is 0 Å². The number of amides is 1. The van der Waals surface area contributed by atoms with E-state index in [4.69, 9.17) is 0 Å². The average molecular weight is 401 g/mol. The highest BCUT2D eigenvalue weighted by molar-refractivity contribution is 5.90. The number of halogens is 1. The van der Waals surface area contributed by atoms with E-state index in [1.807, 2.05) is 0 Å². The molecular weight excluding hydrogens is 381 g/mol. The van der Waals surface area contributed by atoms with Gasteiger partial charge in [-0.3, -0.25) is 24.9 Å². The molecule has 0 aliphatic heterocycles. The number of benzene rings is 1. The number of rotatable bonds is 7. The molecule has 11 heteroatoms. The molecule has 0 bridgehead atoms. The van der Waals surface area contributed by atoms with Gasteiger partial charge in [0, 0.05) is 0 Å². The molecule has 10 nitrogen and oxygen atoms in total. The average Bonchev–Trinajstić information content (AvgIpc) is 3.18. The topological polar surface area (TPSA) is 121 Å². The number of hydrogen-bond acceptors (Lipinski definition) is 6. The van der Waals surface area contributed by atoms with Crippen LogP contribution in [0.5, 0.6) is 0 Å². The first-order chi connectivity index (χ1) is 13.7. The summed E-state index contributed by atoms with van der Waals surface area (Å²) in [5.74, 6) is -1.08. The van der Waals surface area contributed by atoms with E-state index in [-0.39, 0.29) is 29.9 Å². The van der Waals surface area contributed by atoms with Crippen LogP contribution in [0.1, 0.15) is 23.9 Å². The van der Waals surface area contributed by atoms with Gasteiger partial charge in [-0.1, -0.05) is 19.1 Å². The highest BCUT2D eigenvalue weighted by atomic mass is 19.1. The first-order valence-electron chi connectivity index (χ1n) is 8.87. The van der Waals surface area contributed by atoms with E-state index in [1.165, 1.54) is 27.8 Å². The van der Waals surface area contributed by atoms with Crippen LogP contribution in [0, 0.1) is 35.7 Å².